The molecule has 0 aliphatic carbocycles. The maximum Gasteiger partial charge on any atom is 0.320 e. The van der Waals surface area contributed by atoms with E-state index in [2.05, 4.69) is 10.1 Å². The molecule has 3 rings (SSSR count). The summed E-state index contributed by atoms with van der Waals surface area (Å²) in [6.45, 7) is 1.62. The molecule has 7 heteroatoms. The molecule has 1 aliphatic heterocycles. The van der Waals surface area contributed by atoms with E-state index in [9.17, 15) is 4.79 Å². The molecule has 0 radical (unpaired) electrons. The molecule has 0 bridgehead atoms. The summed E-state index contributed by atoms with van der Waals surface area (Å²) in [7, 11) is 0. The van der Waals surface area contributed by atoms with Gasteiger partial charge in [-0.1, -0.05) is 11.2 Å². The van der Waals surface area contributed by atoms with E-state index in [0.29, 0.717) is 18.1 Å². The zero-order chi connectivity index (χ0) is 14.7. The lowest BCUT2D eigenvalue weighted by molar-refractivity contribution is -0.142. The van der Waals surface area contributed by atoms with Crippen LogP contribution >= 0.6 is 11.3 Å². The van der Waals surface area contributed by atoms with Crippen LogP contribution in [0.1, 0.15) is 25.2 Å². The van der Waals surface area contributed by atoms with Crippen molar-refractivity contribution in [3.05, 3.63) is 23.4 Å². The summed E-state index contributed by atoms with van der Waals surface area (Å²) < 4.78 is 5.24. The maximum absolute atomic E-state index is 11.1. The molecule has 6 nitrogen and oxygen atoms in total. The second kappa shape index (κ2) is 6.36. The van der Waals surface area contributed by atoms with Gasteiger partial charge in [-0.15, -0.1) is 11.3 Å². The van der Waals surface area contributed by atoms with Crippen LogP contribution in [0.3, 0.4) is 0 Å². The Morgan fingerprint density at radius 2 is 2.48 bits per heavy atom. The lowest BCUT2D eigenvalue weighted by atomic mass is 10.2. The predicted molar refractivity (Wildman–Crippen MR) is 78.2 cm³/mol. The van der Waals surface area contributed by atoms with E-state index in [4.69, 9.17) is 9.63 Å². The highest BCUT2D eigenvalue weighted by Gasteiger charge is 2.29. The van der Waals surface area contributed by atoms with E-state index in [1.165, 1.54) is 0 Å². The highest BCUT2D eigenvalue weighted by molar-refractivity contribution is 7.13. The van der Waals surface area contributed by atoms with Crippen molar-refractivity contribution in [1.82, 2.24) is 15.0 Å². The molecule has 1 unspecified atom stereocenters. The molecule has 0 saturated carbocycles. The Morgan fingerprint density at radius 1 is 1.57 bits per heavy atom. The van der Waals surface area contributed by atoms with Gasteiger partial charge in [0.25, 0.3) is 0 Å². The first-order valence-corrected chi connectivity index (χ1v) is 7.95. The average molecular weight is 307 g/mol. The summed E-state index contributed by atoms with van der Waals surface area (Å²) >= 11 is 1.58. The number of aliphatic carboxylic acids is 1. The molecule has 1 fully saturated rings. The van der Waals surface area contributed by atoms with Crippen LogP contribution in [0.5, 0.6) is 0 Å². The highest BCUT2D eigenvalue weighted by atomic mass is 32.1. The van der Waals surface area contributed by atoms with Crippen molar-refractivity contribution >= 4 is 17.3 Å². The number of hydrogen-bond donors (Lipinski definition) is 1. The highest BCUT2D eigenvalue weighted by Crippen LogP contribution is 2.22. The van der Waals surface area contributed by atoms with Crippen LogP contribution in [0.15, 0.2) is 22.0 Å². The minimum absolute atomic E-state index is 0.325. The molecule has 3 heterocycles. The minimum Gasteiger partial charge on any atom is -0.480 e. The Kier molecular flexibility index (Phi) is 4.31. The summed E-state index contributed by atoms with van der Waals surface area (Å²) in [4.78, 5) is 18.5. The molecule has 0 amide bonds. The maximum atomic E-state index is 11.1. The molecule has 0 aromatic carbocycles. The van der Waals surface area contributed by atoms with Crippen molar-refractivity contribution in [2.45, 2.75) is 31.7 Å². The number of rotatable bonds is 6. The summed E-state index contributed by atoms with van der Waals surface area (Å²) in [5.41, 5.74) is 0. The van der Waals surface area contributed by atoms with Gasteiger partial charge in [0.15, 0.2) is 0 Å². The van der Waals surface area contributed by atoms with E-state index >= 15 is 0 Å². The van der Waals surface area contributed by atoms with Gasteiger partial charge < -0.3 is 9.63 Å². The van der Waals surface area contributed by atoms with Crippen LogP contribution in [0.25, 0.3) is 10.7 Å². The molecule has 1 N–H and O–H groups in total. The van der Waals surface area contributed by atoms with Crippen LogP contribution in [0, 0.1) is 0 Å². The lowest BCUT2D eigenvalue weighted by Crippen LogP contribution is -2.36. The van der Waals surface area contributed by atoms with Crippen LogP contribution in [-0.4, -0.2) is 45.2 Å². The molecule has 0 spiro atoms. The number of aromatic nitrogens is 2. The smallest absolute Gasteiger partial charge is 0.320 e. The van der Waals surface area contributed by atoms with Crippen molar-refractivity contribution in [3.8, 4) is 10.7 Å². The van der Waals surface area contributed by atoms with Gasteiger partial charge in [-0.05, 0) is 43.8 Å². The van der Waals surface area contributed by atoms with E-state index < -0.39 is 5.97 Å². The molecule has 1 saturated heterocycles. The monoisotopic (exact) mass is 307 g/mol. The third-order valence-corrected chi connectivity index (χ3v) is 4.56. The Hall–Kier alpha value is -1.73. The van der Waals surface area contributed by atoms with E-state index in [1.54, 1.807) is 11.3 Å². The normalized spacial score (nSPS) is 19.1. The number of hydrogen-bond acceptors (Lipinski definition) is 6. The van der Waals surface area contributed by atoms with Gasteiger partial charge >= 0.3 is 5.97 Å². The summed E-state index contributed by atoms with van der Waals surface area (Å²) in [5.74, 6) is 0.527. The fourth-order valence-corrected chi connectivity index (χ4v) is 3.32. The molecule has 112 valence electrons. The van der Waals surface area contributed by atoms with Crippen molar-refractivity contribution in [2.24, 2.45) is 0 Å². The summed E-state index contributed by atoms with van der Waals surface area (Å²) in [5, 5.41) is 15.1. The lowest BCUT2D eigenvalue weighted by Gasteiger charge is -2.20. The Morgan fingerprint density at radius 3 is 3.24 bits per heavy atom. The number of carboxylic acids is 1. The average Bonchev–Trinajstić information content (AvgIpc) is 3.20. The van der Waals surface area contributed by atoms with Gasteiger partial charge in [0, 0.05) is 6.42 Å². The van der Waals surface area contributed by atoms with Crippen LogP contribution in [-0.2, 0) is 11.2 Å². The molecular formula is C14H17N3O3S. The van der Waals surface area contributed by atoms with Crippen LogP contribution in [0.4, 0.5) is 0 Å². The molecule has 1 aliphatic rings. The van der Waals surface area contributed by atoms with E-state index in [-0.39, 0.29) is 6.04 Å². The first kappa shape index (κ1) is 14.2. The second-order valence-corrected chi connectivity index (χ2v) is 6.07. The van der Waals surface area contributed by atoms with Gasteiger partial charge in [-0.25, -0.2) is 0 Å². The largest absolute Gasteiger partial charge is 0.480 e. The zero-order valence-electron chi connectivity index (χ0n) is 11.6. The SMILES string of the molecule is O=C(O)C1CCCN1CCCc1nc(-c2cccs2)no1. The van der Waals surface area contributed by atoms with Gasteiger partial charge in [-0.2, -0.15) is 4.98 Å². The summed E-state index contributed by atoms with van der Waals surface area (Å²) in [6.07, 6.45) is 3.22. The zero-order valence-corrected chi connectivity index (χ0v) is 12.4. The molecule has 2 aromatic heterocycles. The molecule has 2 aromatic rings. The Labute approximate surface area is 126 Å². The van der Waals surface area contributed by atoms with Crippen molar-refractivity contribution < 1.29 is 14.4 Å². The quantitative estimate of drug-likeness (QED) is 0.882. The third kappa shape index (κ3) is 3.30. The van der Waals surface area contributed by atoms with Crippen molar-refractivity contribution in [1.29, 1.82) is 0 Å². The van der Waals surface area contributed by atoms with Gasteiger partial charge in [-0.3, -0.25) is 9.69 Å². The molecular weight excluding hydrogens is 290 g/mol. The van der Waals surface area contributed by atoms with Gasteiger partial charge in [0.1, 0.15) is 6.04 Å². The number of nitrogens with zero attached hydrogens (tertiary/aromatic N) is 3. The fraction of sp³-hybridized carbons (Fsp3) is 0.500. The van der Waals surface area contributed by atoms with Gasteiger partial charge in [0.2, 0.25) is 11.7 Å². The Bertz CT molecular complexity index is 596. The number of aryl methyl sites for hydroxylation is 1. The third-order valence-electron chi connectivity index (χ3n) is 3.69. The van der Waals surface area contributed by atoms with E-state index in [0.717, 1.165) is 37.2 Å². The number of likely N-dealkylation sites (tertiary alicyclic amines) is 1. The first-order chi connectivity index (χ1) is 10.2. The van der Waals surface area contributed by atoms with E-state index in [1.807, 2.05) is 22.4 Å². The molecule has 21 heavy (non-hydrogen) atoms. The second-order valence-electron chi connectivity index (χ2n) is 5.12. The number of carbonyl (C=O) groups is 1. The van der Waals surface area contributed by atoms with Crippen LogP contribution < -0.4 is 0 Å². The molecule has 1 atom stereocenters. The minimum atomic E-state index is -0.717. The first-order valence-electron chi connectivity index (χ1n) is 7.07. The topological polar surface area (TPSA) is 79.5 Å². The fourth-order valence-electron chi connectivity index (χ4n) is 2.67. The van der Waals surface area contributed by atoms with Crippen LogP contribution in [0.2, 0.25) is 0 Å². The number of carboxylic acid groups (broad SMARTS) is 1. The predicted octanol–water partition coefficient (Wildman–Crippen LogP) is 2.28. The number of thiophene rings is 1. The van der Waals surface area contributed by atoms with Gasteiger partial charge in [0.05, 0.1) is 4.88 Å². The summed E-state index contributed by atoms with van der Waals surface area (Å²) in [6, 6.07) is 3.59. The van der Waals surface area contributed by atoms with Crippen molar-refractivity contribution in [3.63, 3.8) is 0 Å². The van der Waals surface area contributed by atoms with Crippen molar-refractivity contribution in [2.75, 3.05) is 13.1 Å². The Balaban J connectivity index is 1.51. The standard InChI is InChI=1S/C14H17N3O3S/c18-14(19)10-4-1-7-17(10)8-2-6-12-15-13(16-20-12)11-5-3-9-21-11/h3,5,9-10H,1-2,4,6-8H2,(H,18,19).